The molecule has 1 fully saturated rings. The van der Waals surface area contributed by atoms with Gasteiger partial charge in [-0.05, 0) is 43.4 Å². The normalized spacial score (nSPS) is 17.3. The number of benzene rings is 1. The van der Waals surface area contributed by atoms with E-state index in [2.05, 4.69) is 0 Å². The van der Waals surface area contributed by atoms with Crippen LogP contribution in [0.25, 0.3) is 0 Å². The molecule has 4 nitrogen and oxygen atoms in total. The van der Waals surface area contributed by atoms with Gasteiger partial charge in [-0.25, -0.2) is 4.79 Å². The SMILES string of the molecule is Cc1cc(C(=O)O)cc([C@H](N)C2CCCCC2)c1O.Cl. The van der Waals surface area contributed by atoms with E-state index >= 15 is 0 Å². The Morgan fingerprint density at radius 1 is 1.30 bits per heavy atom. The molecule has 4 N–H and O–H groups in total. The fourth-order valence-corrected chi connectivity index (χ4v) is 2.93. The zero-order chi connectivity index (χ0) is 14.0. The third kappa shape index (κ3) is 3.44. The van der Waals surface area contributed by atoms with E-state index < -0.39 is 5.97 Å². The number of phenolic OH excluding ortho intramolecular Hbond substituents is 1. The minimum absolute atomic E-state index is 0. The van der Waals surface area contributed by atoms with Crippen molar-refractivity contribution in [1.29, 1.82) is 0 Å². The second-order valence-electron chi connectivity index (χ2n) is 5.46. The first-order valence-corrected chi connectivity index (χ1v) is 6.83. The van der Waals surface area contributed by atoms with Crippen LogP contribution in [0.2, 0.25) is 0 Å². The van der Waals surface area contributed by atoms with Crippen LogP contribution < -0.4 is 5.73 Å². The molecular formula is C15H22ClNO3. The molecular weight excluding hydrogens is 278 g/mol. The van der Waals surface area contributed by atoms with Crippen molar-refractivity contribution in [2.75, 3.05) is 0 Å². The molecule has 2 rings (SSSR count). The molecule has 1 aromatic carbocycles. The Morgan fingerprint density at radius 3 is 2.45 bits per heavy atom. The summed E-state index contributed by atoms with van der Waals surface area (Å²) >= 11 is 0. The van der Waals surface area contributed by atoms with Crippen molar-refractivity contribution in [2.45, 2.75) is 45.1 Å². The average molecular weight is 300 g/mol. The topological polar surface area (TPSA) is 83.5 Å². The van der Waals surface area contributed by atoms with Crippen molar-refractivity contribution < 1.29 is 15.0 Å². The molecule has 0 spiro atoms. The number of carboxylic acid groups (broad SMARTS) is 1. The van der Waals surface area contributed by atoms with Gasteiger partial charge in [0.2, 0.25) is 0 Å². The number of carbonyl (C=O) groups is 1. The van der Waals surface area contributed by atoms with Crippen LogP contribution in [0.15, 0.2) is 12.1 Å². The van der Waals surface area contributed by atoms with Gasteiger partial charge < -0.3 is 15.9 Å². The van der Waals surface area contributed by atoms with E-state index in [0.717, 1.165) is 25.7 Å². The Bertz CT molecular complexity index is 484. The molecule has 5 heteroatoms. The lowest BCUT2D eigenvalue weighted by molar-refractivity contribution is 0.0696. The van der Waals surface area contributed by atoms with E-state index in [-0.39, 0.29) is 29.8 Å². The smallest absolute Gasteiger partial charge is 0.335 e. The predicted octanol–water partition coefficient (Wildman–Crippen LogP) is 3.40. The number of hydrogen-bond donors (Lipinski definition) is 3. The van der Waals surface area contributed by atoms with Gasteiger partial charge in [-0.15, -0.1) is 12.4 Å². The molecule has 0 heterocycles. The summed E-state index contributed by atoms with van der Waals surface area (Å²) in [6.07, 6.45) is 5.67. The Hall–Kier alpha value is -1.26. The van der Waals surface area contributed by atoms with Gasteiger partial charge in [0.05, 0.1) is 5.56 Å². The lowest BCUT2D eigenvalue weighted by Gasteiger charge is -2.28. The molecule has 112 valence electrons. The van der Waals surface area contributed by atoms with Crippen LogP contribution in [0.3, 0.4) is 0 Å². The first-order chi connectivity index (χ1) is 9.00. The van der Waals surface area contributed by atoms with Gasteiger partial charge in [0.25, 0.3) is 0 Å². The summed E-state index contributed by atoms with van der Waals surface area (Å²) in [6, 6.07) is 2.72. The molecule has 0 bridgehead atoms. The first kappa shape index (κ1) is 16.8. The molecule has 0 unspecified atom stereocenters. The van der Waals surface area contributed by atoms with Gasteiger partial charge in [-0.3, -0.25) is 0 Å². The number of rotatable bonds is 3. The maximum absolute atomic E-state index is 11.1. The van der Waals surface area contributed by atoms with E-state index in [0.29, 0.717) is 17.0 Å². The van der Waals surface area contributed by atoms with Gasteiger partial charge in [0.15, 0.2) is 0 Å². The van der Waals surface area contributed by atoms with Crippen LogP contribution in [0.1, 0.15) is 59.6 Å². The van der Waals surface area contributed by atoms with Gasteiger partial charge >= 0.3 is 5.97 Å². The number of aromatic carboxylic acids is 1. The molecule has 1 atom stereocenters. The number of aryl methyl sites for hydroxylation is 1. The maximum atomic E-state index is 11.1. The highest BCUT2D eigenvalue weighted by Crippen LogP contribution is 2.37. The zero-order valence-electron chi connectivity index (χ0n) is 11.6. The molecule has 1 aliphatic rings. The summed E-state index contributed by atoms with van der Waals surface area (Å²) in [4.78, 5) is 11.1. The Labute approximate surface area is 125 Å². The summed E-state index contributed by atoms with van der Waals surface area (Å²) in [5.74, 6) is -0.508. The largest absolute Gasteiger partial charge is 0.507 e. The maximum Gasteiger partial charge on any atom is 0.335 e. The molecule has 20 heavy (non-hydrogen) atoms. The third-order valence-corrected chi connectivity index (χ3v) is 4.09. The van der Waals surface area contributed by atoms with Crippen LogP contribution in [0.4, 0.5) is 0 Å². The van der Waals surface area contributed by atoms with Crippen molar-refractivity contribution in [1.82, 2.24) is 0 Å². The summed E-state index contributed by atoms with van der Waals surface area (Å²) in [5, 5.41) is 19.2. The van der Waals surface area contributed by atoms with E-state index in [4.69, 9.17) is 10.8 Å². The average Bonchev–Trinajstić information content (AvgIpc) is 2.41. The quantitative estimate of drug-likeness (QED) is 0.798. The van der Waals surface area contributed by atoms with Gasteiger partial charge in [-0.1, -0.05) is 19.3 Å². The minimum atomic E-state index is -0.986. The number of carboxylic acids is 1. The number of halogens is 1. The van der Waals surface area contributed by atoms with Gasteiger partial charge in [0, 0.05) is 11.6 Å². The van der Waals surface area contributed by atoms with Crippen LogP contribution in [0, 0.1) is 12.8 Å². The molecule has 0 radical (unpaired) electrons. The van der Waals surface area contributed by atoms with Crippen LogP contribution in [0.5, 0.6) is 5.75 Å². The van der Waals surface area contributed by atoms with Crippen molar-refractivity contribution >= 4 is 18.4 Å². The molecule has 0 amide bonds. The molecule has 0 aromatic heterocycles. The standard InChI is InChI=1S/C15H21NO3.ClH/c1-9-7-11(15(18)19)8-12(14(9)17)13(16)10-5-3-2-4-6-10;/h7-8,10,13,17H,2-6,16H2,1H3,(H,18,19);1H/t13-;/m1./s1. The van der Waals surface area contributed by atoms with Crippen molar-refractivity contribution in [3.63, 3.8) is 0 Å². The molecule has 1 aliphatic carbocycles. The monoisotopic (exact) mass is 299 g/mol. The van der Waals surface area contributed by atoms with Crippen molar-refractivity contribution in [3.8, 4) is 5.75 Å². The molecule has 0 saturated heterocycles. The Kier molecular flexibility index (Phi) is 5.84. The lowest BCUT2D eigenvalue weighted by atomic mass is 9.80. The lowest BCUT2D eigenvalue weighted by Crippen LogP contribution is -2.24. The fourth-order valence-electron chi connectivity index (χ4n) is 2.93. The zero-order valence-corrected chi connectivity index (χ0v) is 12.4. The highest BCUT2D eigenvalue weighted by atomic mass is 35.5. The third-order valence-electron chi connectivity index (χ3n) is 4.09. The second-order valence-corrected chi connectivity index (χ2v) is 5.46. The van der Waals surface area contributed by atoms with Crippen LogP contribution >= 0.6 is 12.4 Å². The highest BCUT2D eigenvalue weighted by molar-refractivity contribution is 5.88. The fraction of sp³-hybridized carbons (Fsp3) is 0.533. The number of aromatic hydroxyl groups is 1. The Morgan fingerprint density at radius 2 is 1.90 bits per heavy atom. The highest BCUT2D eigenvalue weighted by Gasteiger charge is 2.25. The van der Waals surface area contributed by atoms with E-state index in [1.807, 2.05) is 0 Å². The molecule has 1 saturated carbocycles. The van der Waals surface area contributed by atoms with E-state index in [9.17, 15) is 9.90 Å². The summed E-state index contributed by atoms with van der Waals surface area (Å²) in [5.41, 5.74) is 7.59. The minimum Gasteiger partial charge on any atom is -0.507 e. The summed E-state index contributed by atoms with van der Waals surface area (Å²) < 4.78 is 0. The van der Waals surface area contributed by atoms with Gasteiger partial charge in [-0.2, -0.15) is 0 Å². The van der Waals surface area contributed by atoms with E-state index in [1.54, 1.807) is 6.92 Å². The summed E-state index contributed by atoms with van der Waals surface area (Å²) in [7, 11) is 0. The predicted molar refractivity (Wildman–Crippen MR) is 80.6 cm³/mol. The van der Waals surface area contributed by atoms with Gasteiger partial charge in [0.1, 0.15) is 5.75 Å². The van der Waals surface area contributed by atoms with Crippen LogP contribution in [-0.2, 0) is 0 Å². The first-order valence-electron chi connectivity index (χ1n) is 6.83. The Balaban J connectivity index is 0.00000200. The number of nitrogens with two attached hydrogens (primary N) is 1. The second kappa shape index (κ2) is 6.95. The number of phenols is 1. The van der Waals surface area contributed by atoms with Crippen molar-refractivity contribution in [3.05, 3.63) is 28.8 Å². The summed E-state index contributed by atoms with van der Waals surface area (Å²) in [6.45, 7) is 1.71. The molecule has 1 aromatic rings. The van der Waals surface area contributed by atoms with Crippen LogP contribution in [-0.4, -0.2) is 16.2 Å². The van der Waals surface area contributed by atoms with Crippen molar-refractivity contribution in [2.24, 2.45) is 11.7 Å². The number of hydrogen-bond acceptors (Lipinski definition) is 3. The molecule has 0 aliphatic heterocycles. The van der Waals surface area contributed by atoms with E-state index in [1.165, 1.54) is 18.6 Å².